The number of rotatable bonds is 3. The molecule has 72 valence electrons. The predicted molar refractivity (Wildman–Crippen MR) is 53.1 cm³/mol. The molecular formula is C9H8N2O2S. The number of hydrogen-bond acceptors (Lipinski definition) is 4. The minimum absolute atomic E-state index is 0.506. The van der Waals surface area contributed by atoms with E-state index < -0.39 is 5.76 Å². The second kappa shape index (κ2) is 4.15. The summed E-state index contributed by atoms with van der Waals surface area (Å²) in [4.78, 5) is 14.2. The van der Waals surface area contributed by atoms with E-state index in [1.807, 2.05) is 30.3 Å². The summed E-state index contributed by atoms with van der Waals surface area (Å²) in [6.07, 6.45) is 0. The molecule has 14 heavy (non-hydrogen) atoms. The summed E-state index contributed by atoms with van der Waals surface area (Å²) in [5.74, 6) is 0.660. The Morgan fingerprint density at radius 1 is 1.36 bits per heavy atom. The van der Waals surface area contributed by atoms with E-state index in [-0.39, 0.29) is 0 Å². The van der Waals surface area contributed by atoms with Crippen LogP contribution in [0.5, 0.6) is 0 Å². The molecule has 0 radical (unpaired) electrons. The zero-order valence-corrected chi connectivity index (χ0v) is 8.08. The first kappa shape index (κ1) is 9.08. The van der Waals surface area contributed by atoms with Gasteiger partial charge in [-0.05, 0) is 12.1 Å². The van der Waals surface area contributed by atoms with E-state index in [9.17, 15) is 4.79 Å². The number of aromatic amines is 1. The molecule has 1 N–H and O–H groups in total. The highest BCUT2D eigenvalue weighted by Crippen LogP contribution is 2.19. The molecule has 0 atom stereocenters. The number of H-pyrrole nitrogens is 1. The van der Waals surface area contributed by atoms with E-state index in [4.69, 9.17) is 0 Å². The monoisotopic (exact) mass is 208 g/mol. The molecule has 2 rings (SSSR count). The summed E-state index contributed by atoms with van der Waals surface area (Å²) in [6.45, 7) is 0. The Hall–Kier alpha value is -1.49. The topological polar surface area (TPSA) is 58.9 Å². The largest absolute Gasteiger partial charge is 0.438 e. The first-order chi connectivity index (χ1) is 6.84. The van der Waals surface area contributed by atoms with Crippen molar-refractivity contribution in [2.45, 2.75) is 10.6 Å². The van der Waals surface area contributed by atoms with Crippen LogP contribution in [0.4, 0.5) is 0 Å². The minimum Gasteiger partial charge on any atom is -0.296 e. The van der Waals surface area contributed by atoms with Crippen LogP contribution >= 0.6 is 11.8 Å². The smallest absolute Gasteiger partial charge is 0.296 e. The van der Waals surface area contributed by atoms with Gasteiger partial charge in [0.1, 0.15) is 0 Å². The fourth-order valence-corrected chi connectivity index (χ4v) is 1.77. The van der Waals surface area contributed by atoms with Crippen LogP contribution in [-0.4, -0.2) is 10.1 Å². The molecule has 1 heterocycles. The Morgan fingerprint density at radius 3 is 2.79 bits per heavy atom. The Bertz CT molecular complexity index is 449. The molecule has 4 nitrogen and oxygen atoms in total. The van der Waals surface area contributed by atoms with Gasteiger partial charge < -0.3 is 0 Å². The molecule has 0 saturated heterocycles. The van der Waals surface area contributed by atoms with Crippen molar-refractivity contribution in [2.75, 3.05) is 0 Å². The molecular weight excluding hydrogens is 200 g/mol. The molecule has 0 aliphatic rings. The van der Waals surface area contributed by atoms with Gasteiger partial charge in [-0.25, -0.2) is 4.79 Å². The van der Waals surface area contributed by atoms with Crippen LogP contribution in [0.3, 0.4) is 0 Å². The maximum atomic E-state index is 10.6. The maximum absolute atomic E-state index is 10.6. The summed E-state index contributed by atoms with van der Waals surface area (Å²) in [5, 5.41) is 3.57. The zero-order chi connectivity index (χ0) is 9.80. The lowest BCUT2D eigenvalue weighted by molar-refractivity contribution is 0.383. The van der Waals surface area contributed by atoms with Crippen LogP contribution in [0.15, 0.2) is 44.5 Å². The summed E-state index contributed by atoms with van der Waals surface area (Å²) in [6, 6.07) is 9.90. The molecule has 5 heteroatoms. The van der Waals surface area contributed by atoms with Crippen molar-refractivity contribution in [3.63, 3.8) is 0 Å². The maximum Gasteiger partial charge on any atom is 0.438 e. The standard InChI is InChI=1S/C9H8N2O2S/c12-9-10-8(11-13-9)6-14-7-4-2-1-3-5-7/h1-5H,6H2,(H,10,11,12). The van der Waals surface area contributed by atoms with Crippen LogP contribution < -0.4 is 5.76 Å². The average molecular weight is 208 g/mol. The van der Waals surface area contributed by atoms with Gasteiger partial charge in [0.15, 0.2) is 5.82 Å². The van der Waals surface area contributed by atoms with Gasteiger partial charge >= 0.3 is 5.76 Å². The summed E-state index contributed by atoms with van der Waals surface area (Å²) in [7, 11) is 0. The fourth-order valence-electron chi connectivity index (χ4n) is 0.991. The van der Waals surface area contributed by atoms with Gasteiger partial charge in [0.25, 0.3) is 0 Å². The molecule has 0 aliphatic heterocycles. The van der Waals surface area contributed by atoms with Crippen molar-refractivity contribution in [2.24, 2.45) is 0 Å². The lowest BCUT2D eigenvalue weighted by atomic mass is 10.4. The van der Waals surface area contributed by atoms with E-state index >= 15 is 0 Å². The van der Waals surface area contributed by atoms with Crippen LogP contribution in [0.2, 0.25) is 0 Å². The Morgan fingerprint density at radius 2 is 2.14 bits per heavy atom. The van der Waals surface area contributed by atoms with Crippen molar-refractivity contribution in [3.05, 3.63) is 46.7 Å². The van der Waals surface area contributed by atoms with E-state index in [1.54, 1.807) is 11.8 Å². The average Bonchev–Trinajstić information content (AvgIpc) is 2.63. The van der Waals surface area contributed by atoms with E-state index in [1.165, 1.54) is 0 Å². The van der Waals surface area contributed by atoms with Crippen LogP contribution in [0, 0.1) is 0 Å². The zero-order valence-electron chi connectivity index (χ0n) is 7.27. The van der Waals surface area contributed by atoms with Gasteiger partial charge in [0.05, 0.1) is 5.75 Å². The molecule has 0 aliphatic carbocycles. The first-order valence-electron chi connectivity index (χ1n) is 4.07. The Labute approximate surface area is 84.3 Å². The molecule has 0 bridgehead atoms. The molecule has 0 unspecified atom stereocenters. The number of aromatic nitrogens is 2. The van der Waals surface area contributed by atoms with E-state index in [2.05, 4.69) is 14.7 Å². The van der Waals surface area contributed by atoms with Gasteiger partial charge in [-0.15, -0.1) is 11.8 Å². The molecule has 0 amide bonds. The highest BCUT2D eigenvalue weighted by molar-refractivity contribution is 7.98. The van der Waals surface area contributed by atoms with Gasteiger partial charge in [0.2, 0.25) is 0 Å². The van der Waals surface area contributed by atoms with Crippen molar-refractivity contribution in [1.82, 2.24) is 10.1 Å². The normalized spacial score (nSPS) is 10.3. The minimum atomic E-state index is -0.506. The molecule has 0 fully saturated rings. The molecule has 2 aromatic rings. The van der Waals surface area contributed by atoms with Crippen LogP contribution in [0.25, 0.3) is 0 Å². The number of nitrogens with zero attached hydrogens (tertiary/aromatic N) is 1. The molecule has 0 spiro atoms. The number of nitrogens with one attached hydrogen (secondary N) is 1. The number of hydrogen-bond donors (Lipinski definition) is 1. The van der Waals surface area contributed by atoms with Crippen molar-refractivity contribution >= 4 is 11.8 Å². The van der Waals surface area contributed by atoms with Crippen LogP contribution in [-0.2, 0) is 5.75 Å². The Kier molecular flexibility index (Phi) is 2.69. The number of thioether (sulfide) groups is 1. The highest BCUT2D eigenvalue weighted by Gasteiger charge is 2.00. The number of benzene rings is 1. The molecule has 1 aromatic heterocycles. The van der Waals surface area contributed by atoms with Crippen molar-refractivity contribution in [3.8, 4) is 0 Å². The predicted octanol–water partition coefficient (Wildman–Crippen LogP) is 1.66. The first-order valence-corrected chi connectivity index (χ1v) is 5.06. The van der Waals surface area contributed by atoms with Gasteiger partial charge in [-0.3, -0.25) is 9.51 Å². The van der Waals surface area contributed by atoms with Gasteiger partial charge in [0, 0.05) is 4.90 Å². The third-order valence-corrected chi connectivity index (χ3v) is 2.63. The van der Waals surface area contributed by atoms with E-state index in [0.717, 1.165) is 4.90 Å². The highest BCUT2D eigenvalue weighted by atomic mass is 32.2. The third kappa shape index (κ3) is 2.26. The lowest BCUT2D eigenvalue weighted by Gasteiger charge is -1.96. The van der Waals surface area contributed by atoms with Crippen LogP contribution in [0.1, 0.15) is 5.82 Å². The summed E-state index contributed by atoms with van der Waals surface area (Å²) < 4.78 is 4.38. The van der Waals surface area contributed by atoms with Gasteiger partial charge in [-0.1, -0.05) is 23.4 Å². The van der Waals surface area contributed by atoms with Gasteiger partial charge in [-0.2, -0.15) is 0 Å². The second-order valence-corrected chi connectivity index (χ2v) is 3.69. The van der Waals surface area contributed by atoms with E-state index in [0.29, 0.717) is 11.6 Å². The third-order valence-electron chi connectivity index (χ3n) is 1.60. The SMILES string of the molecule is O=c1[nH]c(CSc2ccccc2)no1. The second-order valence-electron chi connectivity index (χ2n) is 2.64. The lowest BCUT2D eigenvalue weighted by Crippen LogP contribution is -1.95. The summed E-state index contributed by atoms with van der Waals surface area (Å²) >= 11 is 1.59. The van der Waals surface area contributed by atoms with Crippen molar-refractivity contribution in [1.29, 1.82) is 0 Å². The quantitative estimate of drug-likeness (QED) is 0.779. The summed E-state index contributed by atoms with van der Waals surface area (Å²) in [5.41, 5.74) is 0. The fraction of sp³-hybridized carbons (Fsp3) is 0.111. The molecule has 1 aromatic carbocycles. The Balaban J connectivity index is 1.98. The molecule has 0 saturated carbocycles. The van der Waals surface area contributed by atoms with Crippen molar-refractivity contribution < 1.29 is 4.52 Å².